The maximum absolute atomic E-state index is 15.1. The number of hydrogen-bond donors (Lipinski definition) is 1. The third-order valence-electron chi connectivity index (χ3n) is 5.90. The Labute approximate surface area is 225 Å². The molecule has 1 unspecified atom stereocenters. The summed E-state index contributed by atoms with van der Waals surface area (Å²) in [4.78, 5) is 16.7. The van der Waals surface area contributed by atoms with Gasteiger partial charge in [-0.25, -0.2) is 27.3 Å². The van der Waals surface area contributed by atoms with Crippen LogP contribution in [0.15, 0.2) is 48.8 Å². The van der Waals surface area contributed by atoms with Crippen LogP contribution in [0.4, 0.5) is 23.2 Å². The molecule has 1 heterocycles. The van der Waals surface area contributed by atoms with Gasteiger partial charge >= 0.3 is 5.97 Å². The molecule has 12 heteroatoms. The first kappa shape index (κ1) is 30.2. The molecule has 0 aliphatic carbocycles. The van der Waals surface area contributed by atoms with Crippen molar-refractivity contribution in [3.8, 4) is 5.75 Å². The molecule has 0 aliphatic rings. The average Bonchev–Trinajstić information content (AvgIpc) is 3.26. The van der Waals surface area contributed by atoms with E-state index in [0.717, 1.165) is 30.8 Å². The summed E-state index contributed by atoms with van der Waals surface area (Å²) >= 11 is 0. The third kappa shape index (κ3) is 8.30. The number of esters is 1. The lowest BCUT2D eigenvalue weighted by molar-refractivity contribution is -0.136. The summed E-state index contributed by atoms with van der Waals surface area (Å²) in [6.07, 6.45) is -1.56. The number of nitrogens with zero attached hydrogens (tertiary/aromatic N) is 2. The van der Waals surface area contributed by atoms with Crippen molar-refractivity contribution in [3.63, 3.8) is 0 Å². The Kier molecular flexibility index (Phi) is 10.1. The van der Waals surface area contributed by atoms with Crippen molar-refractivity contribution in [2.24, 2.45) is 0 Å². The van der Waals surface area contributed by atoms with Gasteiger partial charge in [-0.1, -0.05) is 26.2 Å². The minimum atomic E-state index is -2.61. The predicted molar refractivity (Wildman–Crippen MR) is 144 cm³/mol. The third-order valence-corrected chi connectivity index (χ3v) is 7.61. The van der Waals surface area contributed by atoms with Crippen LogP contribution in [0.1, 0.15) is 18.0 Å². The van der Waals surface area contributed by atoms with Crippen LogP contribution in [0.5, 0.6) is 5.75 Å². The lowest BCUT2D eigenvalue weighted by atomic mass is 9.97. The lowest BCUT2D eigenvalue weighted by Crippen LogP contribution is -2.22. The molecule has 0 bridgehead atoms. The van der Waals surface area contributed by atoms with Crippen LogP contribution in [0, 0.1) is 11.6 Å². The van der Waals surface area contributed by atoms with E-state index < -0.39 is 56.7 Å². The summed E-state index contributed by atoms with van der Waals surface area (Å²) in [5.74, 6) is -3.23. The first-order chi connectivity index (χ1) is 18.4. The molecule has 0 aliphatic heterocycles. The second-order valence-corrected chi connectivity index (χ2v) is 15.8. The van der Waals surface area contributed by atoms with Gasteiger partial charge in [-0.2, -0.15) is 0 Å². The molecule has 1 N–H and O–H groups in total. The quantitative estimate of drug-likeness (QED) is 0.0784. The van der Waals surface area contributed by atoms with Crippen molar-refractivity contribution in [1.82, 2.24) is 9.55 Å². The zero-order chi connectivity index (χ0) is 28.7. The van der Waals surface area contributed by atoms with Crippen LogP contribution >= 0.6 is 0 Å². The van der Waals surface area contributed by atoms with Crippen molar-refractivity contribution in [2.45, 2.75) is 51.3 Å². The number of fused-ring (bicyclic) bond motifs is 1. The predicted octanol–water partition coefficient (Wildman–Crippen LogP) is 6.54. The first-order valence-electron chi connectivity index (χ1n) is 12.4. The monoisotopic (exact) mass is 567 g/mol. The normalized spacial score (nSPS) is 12.5. The summed E-state index contributed by atoms with van der Waals surface area (Å²) in [7, 11) is -0.0854. The van der Waals surface area contributed by atoms with E-state index in [1.54, 1.807) is 24.5 Å². The number of carbonyl (C=O) groups excluding carboxylic acids is 1. The van der Waals surface area contributed by atoms with E-state index in [4.69, 9.17) is 14.2 Å². The minimum absolute atomic E-state index is 0.247. The summed E-state index contributed by atoms with van der Waals surface area (Å²) in [6.45, 7) is 11.1. The van der Waals surface area contributed by atoms with Gasteiger partial charge in [0.2, 0.25) is 6.43 Å². The number of aromatic nitrogens is 2. The van der Waals surface area contributed by atoms with Crippen molar-refractivity contribution < 1.29 is 36.6 Å². The van der Waals surface area contributed by atoms with Crippen molar-refractivity contribution in [1.29, 1.82) is 0 Å². The molecule has 39 heavy (non-hydrogen) atoms. The van der Waals surface area contributed by atoms with E-state index in [0.29, 0.717) is 24.5 Å². The SMILES string of the molecule is C=C(C(=O)OC)C(Nc1ccc2c(c1)ncn2COCC[Si](C)(C)C)c1c(F)cc(OCCC(F)F)cc1F. The number of benzene rings is 2. The second-order valence-electron chi connectivity index (χ2n) is 10.2. The summed E-state index contributed by atoms with van der Waals surface area (Å²) in [6, 6.07) is 6.55. The number of rotatable bonds is 14. The van der Waals surface area contributed by atoms with Gasteiger partial charge in [0.15, 0.2) is 0 Å². The molecule has 3 rings (SSSR count). The molecule has 2 aromatic carbocycles. The Morgan fingerprint density at radius 2 is 1.82 bits per heavy atom. The topological polar surface area (TPSA) is 74.6 Å². The fourth-order valence-electron chi connectivity index (χ4n) is 3.73. The highest BCUT2D eigenvalue weighted by atomic mass is 28.3. The van der Waals surface area contributed by atoms with E-state index >= 15 is 8.78 Å². The van der Waals surface area contributed by atoms with Crippen molar-refractivity contribution in [3.05, 3.63) is 66.0 Å². The smallest absolute Gasteiger partial charge is 0.335 e. The highest BCUT2D eigenvalue weighted by Crippen LogP contribution is 2.33. The van der Waals surface area contributed by atoms with Gasteiger partial charge in [0, 0.05) is 38.9 Å². The molecule has 0 radical (unpaired) electrons. The standard InChI is InChI=1S/C27H33F4N3O4Si/c1-17(27(35)36-2)26(25-20(28)13-19(14-21(25)29)38-9-8-24(30)31)33-18-6-7-23-22(12-18)32-15-34(23)16-37-10-11-39(3,4)5/h6-7,12-15,24,26,33H,1,8-11,16H2,2-5H3. The summed E-state index contributed by atoms with van der Waals surface area (Å²) in [5.41, 5.74) is 1.05. The molecule has 7 nitrogen and oxygen atoms in total. The largest absolute Gasteiger partial charge is 0.493 e. The zero-order valence-corrected chi connectivity index (χ0v) is 23.4. The van der Waals surface area contributed by atoms with Crippen LogP contribution in [-0.4, -0.2) is 50.3 Å². The maximum Gasteiger partial charge on any atom is 0.335 e. The molecular formula is C27H33F4N3O4Si. The highest BCUT2D eigenvalue weighted by Gasteiger charge is 2.28. The number of ether oxygens (including phenoxy) is 3. The van der Waals surface area contributed by atoms with Gasteiger partial charge in [0.05, 0.1) is 48.3 Å². The fourth-order valence-corrected chi connectivity index (χ4v) is 4.49. The number of carbonyl (C=O) groups is 1. The Morgan fingerprint density at radius 3 is 2.44 bits per heavy atom. The number of imidazole rings is 1. The molecule has 3 aromatic rings. The minimum Gasteiger partial charge on any atom is -0.493 e. The zero-order valence-electron chi connectivity index (χ0n) is 22.4. The lowest BCUT2D eigenvalue weighted by Gasteiger charge is -2.23. The van der Waals surface area contributed by atoms with Crippen LogP contribution < -0.4 is 10.1 Å². The van der Waals surface area contributed by atoms with Gasteiger partial charge in [0.25, 0.3) is 0 Å². The Bertz CT molecular complexity index is 1290. The molecule has 0 saturated heterocycles. The van der Waals surface area contributed by atoms with Gasteiger partial charge in [0.1, 0.15) is 24.1 Å². The summed E-state index contributed by atoms with van der Waals surface area (Å²) < 4.78 is 72.4. The molecular weight excluding hydrogens is 534 g/mol. The van der Waals surface area contributed by atoms with Gasteiger partial charge in [-0.3, -0.25) is 0 Å². The Morgan fingerprint density at radius 1 is 1.13 bits per heavy atom. The first-order valence-corrected chi connectivity index (χ1v) is 16.1. The molecule has 1 atom stereocenters. The number of anilines is 1. The highest BCUT2D eigenvalue weighted by molar-refractivity contribution is 6.76. The number of hydrogen-bond acceptors (Lipinski definition) is 6. The van der Waals surface area contributed by atoms with E-state index in [-0.39, 0.29) is 11.3 Å². The molecule has 0 amide bonds. The number of methoxy groups -OCH3 is 1. The molecule has 0 spiro atoms. The molecule has 1 aromatic heterocycles. The molecule has 0 saturated carbocycles. The summed E-state index contributed by atoms with van der Waals surface area (Å²) in [5, 5.41) is 2.94. The van der Waals surface area contributed by atoms with Crippen LogP contribution in [0.25, 0.3) is 11.0 Å². The Balaban J connectivity index is 1.84. The van der Waals surface area contributed by atoms with Crippen LogP contribution in [-0.2, 0) is 21.0 Å². The maximum atomic E-state index is 15.1. The van der Waals surface area contributed by atoms with Crippen molar-refractivity contribution >= 4 is 30.8 Å². The Hall–Kier alpha value is -3.38. The van der Waals surface area contributed by atoms with Crippen LogP contribution in [0.3, 0.4) is 0 Å². The van der Waals surface area contributed by atoms with E-state index in [9.17, 15) is 13.6 Å². The second kappa shape index (κ2) is 13.1. The molecule has 0 fully saturated rings. The van der Waals surface area contributed by atoms with Gasteiger partial charge < -0.3 is 24.1 Å². The van der Waals surface area contributed by atoms with Gasteiger partial charge in [-0.15, -0.1) is 0 Å². The van der Waals surface area contributed by atoms with E-state index in [2.05, 4.69) is 36.5 Å². The molecule has 212 valence electrons. The number of nitrogens with one attached hydrogen (secondary N) is 1. The van der Waals surface area contributed by atoms with Crippen LogP contribution in [0.2, 0.25) is 25.7 Å². The fraction of sp³-hybridized carbons (Fsp3) is 0.407. The number of halogens is 4. The van der Waals surface area contributed by atoms with Crippen molar-refractivity contribution in [2.75, 3.05) is 25.6 Å². The van der Waals surface area contributed by atoms with Gasteiger partial charge in [-0.05, 0) is 24.2 Å². The van der Waals surface area contributed by atoms with E-state index in [1.807, 2.05) is 4.57 Å². The average molecular weight is 568 g/mol. The number of alkyl halides is 2. The van der Waals surface area contributed by atoms with E-state index in [1.165, 1.54) is 0 Å².